The zero-order valence-electron chi connectivity index (χ0n) is 29.3. The molecule has 0 spiro atoms. The van der Waals surface area contributed by atoms with E-state index < -0.39 is 0 Å². The third kappa shape index (κ3) is 4.34. The highest BCUT2D eigenvalue weighted by molar-refractivity contribution is 6.25. The molecule has 0 fully saturated rings. The molecule has 2 aromatic heterocycles. The van der Waals surface area contributed by atoms with Crippen LogP contribution in [0.25, 0.3) is 109 Å². The van der Waals surface area contributed by atoms with E-state index in [1.165, 1.54) is 60.0 Å². The Morgan fingerprint density at radius 1 is 0.389 bits per heavy atom. The van der Waals surface area contributed by atoms with Crippen molar-refractivity contribution in [1.82, 2.24) is 0 Å². The van der Waals surface area contributed by atoms with Crippen LogP contribution in [-0.4, -0.2) is 0 Å². The summed E-state index contributed by atoms with van der Waals surface area (Å²) in [5.74, 6) is 0.416. The Kier molecular flexibility index (Phi) is 6.20. The predicted molar refractivity (Wildman–Crippen MR) is 228 cm³/mol. The van der Waals surface area contributed by atoms with Crippen molar-refractivity contribution >= 4 is 87.0 Å². The molecule has 0 radical (unpaired) electrons. The van der Waals surface area contributed by atoms with E-state index in [2.05, 4.69) is 164 Å². The van der Waals surface area contributed by atoms with Gasteiger partial charge in [0, 0.05) is 27.5 Å². The van der Waals surface area contributed by atoms with Gasteiger partial charge in [-0.25, -0.2) is 0 Å². The van der Waals surface area contributed by atoms with Gasteiger partial charge in [-0.05, 0) is 120 Å². The van der Waals surface area contributed by atoms with Gasteiger partial charge < -0.3 is 8.83 Å². The fraction of sp³-hybridized carbons (Fsp3) is 0.0385. The SMILES string of the molecule is C1=CCC(c2ccc3ccc(-c4c5ccccc5c(-c5ccc6c(c5)oc5ccc7cc8oc9ccccc9c8cc7c56)c5ccccc45)cc3c2)C=C1. The first-order valence-corrected chi connectivity index (χ1v) is 18.8. The van der Waals surface area contributed by atoms with Gasteiger partial charge in [0.2, 0.25) is 0 Å². The van der Waals surface area contributed by atoms with Crippen LogP contribution in [0.3, 0.4) is 0 Å². The maximum atomic E-state index is 6.68. The Hall–Kier alpha value is -6.90. The van der Waals surface area contributed by atoms with Gasteiger partial charge in [0.15, 0.2) is 0 Å². The molecule has 0 aliphatic heterocycles. The van der Waals surface area contributed by atoms with Gasteiger partial charge in [-0.1, -0.05) is 133 Å². The Labute approximate surface area is 310 Å². The van der Waals surface area contributed by atoms with Crippen LogP contribution in [0.15, 0.2) is 185 Å². The van der Waals surface area contributed by atoms with Crippen molar-refractivity contribution in [3.8, 4) is 22.3 Å². The minimum Gasteiger partial charge on any atom is -0.456 e. The molecule has 2 heteroatoms. The van der Waals surface area contributed by atoms with E-state index in [1.54, 1.807) is 0 Å². The van der Waals surface area contributed by atoms with Crippen LogP contribution in [0, 0.1) is 0 Å². The lowest BCUT2D eigenvalue weighted by Crippen LogP contribution is -1.96. The standard InChI is InChI=1S/C52H32O2/c1-2-10-31(11-3-1)33-20-18-32-19-21-35(27-37(32)26-33)50-39-13-4-6-15-41(39)51(42-16-7-5-14-40(42)50)36-22-24-43-48(29-36)54-47-25-23-34-28-49-45(30-44(34)52(43)47)38-12-8-9-17-46(38)53-49/h1-10,12-31H,11H2. The van der Waals surface area contributed by atoms with Crippen molar-refractivity contribution in [1.29, 1.82) is 0 Å². The van der Waals surface area contributed by atoms with Gasteiger partial charge >= 0.3 is 0 Å². The minimum atomic E-state index is 0.416. The fourth-order valence-corrected chi connectivity index (χ4v) is 9.20. The molecular weight excluding hydrogens is 657 g/mol. The lowest BCUT2D eigenvalue weighted by atomic mass is 9.85. The Morgan fingerprint density at radius 2 is 1.04 bits per heavy atom. The number of fused-ring (bicyclic) bond motifs is 11. The number of rotatable bonds is 3. The zero-order chi connectivity index (χ0) is 35.3. The Morgan fingerprint density at radius 3 is 1.80 bits per heavy atom. The van der Waals surface area contributed by atoms with E-state index in [1.807, 2.05) is 12.1 Å². The summed E-state index contributed by atoms with van der Waals surface area (Å²) in [6.07, 6.45) is 9.93. The summed E-state index contributed by atoms with van der Waals surface area (Å²) in [6, 6.07) is 55.4. The average molecular weight is 689 g/mol. The summed E-state index contributed by atoms with van der Waals surface area (Å²) < 4.78 is 12.9. The van der Waals surface area contributed by atoms with Crippen molar-refractivity contribution < 1.29 is 8.83 Å². The molecule has 12 rings (SSSR count). The highest BCUT2D eigenvalue weighted by Crippen LogP contribution is 2.46. The second kappa shape index (κ2) is 11.3. The lowest BCUT2D eigenvalue weighted by Gasteiger charge is -2.18. The Balaban J connectivity index is 1.06. The number of hydrogen-bond donors (Lipinski definition) is 0. The van der Waals surface area contributed by atoms with Crippen molar-refractivity contribution in [3.63, 3.8) is 0 Å². The maximum absolute atomic E-state index is 6.68. The van der Waals surface area contributed by atoms with Gasteiger partial charge in [-0.2, -0.15) is 0 Å². The van der Waals surface area contributed by atoms with Crippen LogP contribution in [0.4, 0.5) is 0 Å². The van der Waals surface area contributed by atoms with Crippen LogP contribution in [-0.2, 0) is 0 Å². The monoisotopic (exact) mass is 688 g/mol. The van der Waals surface area contributed by atoms with Crippen molar-refractivity contribution in [3.05, 3.63) is 182 Å². The van der Waals surface area contributed by atoms with Gasteiger partial charge in [-0.3, -0.25) is 0 Å². The number of furan rings is 2. The number of benzene rings is 9. The number of para-hydroxylation sites is 1. The van der Waals surface area contributed by atoms with Gasteiger partial charge in [0.25, 0.3) is 0 Å². The molecule has 11 aromatic rings. The first-order valence-electron chi connectivity index (χ1n) is 18.8. The van der Waals surface area contributed by atoms with Crippen molar-refractivity contribution in [2.45, 2.75) is 12.3 Å². The molecule has 1 unspecified atom stereocenters. The molecule has 2 heterocycles. The Bertz CT molecular complexity index is 3370. The molecule has 1 atom stereocenters. The van der Waals surface area contributed by atoms with Crippen molar-refractivity contribution in [2.24, 2.45) is 0 Å². The average Bonchev–Trinajstić information content (AvgIpc) is 3.79. The van der Waals surface area contributed by atoms with Crippen LogP contribution in [0.2, 0.25) is 0 Å². The van der Waals surface area contributed by atoms with E-state index in [0.29, 0.717) is 5.92 Å². The molecule has 0 saturated heterocycles. The van der Waals surface area contributed by atoms with Crippen LogP contribution in [0.5, 0.6) is 0 Å². The third-order valence-electron chi connectivity index (χ3n) is 11.7. The normalized spacial score (nSPS) is 14.6. The van der Waals surface area contributed by atoms with E-state index >= 15 is 0 Å². The molecule has 54 heavy (non-hydrogen) atoms. The van der Waals surface area contributed by atoms with Gasteiger partial charge in [0.05, 0.1) is 0 Å². The second-order valence-corrected chi connectivity index (χ2v) is 14.7. The first-order chi connectivity index (χ1) is 26.7. The van der Waals surface area contributed by atoms with Crippen LogP contribution >= 0.6 is 0 Å². The quantitative estimate of drug-likeness (QED) is 0.173. The highest BCUT2D eigenvalue weighted by Gasteiger charge is 2.20. The lowest BCUT2D eigenvalue weighted by molar-refractivity contribution is 0.668. The molecule has 1 aliphatic carbocycles. The van der Waals surface area contributed by atoms with E-state index in [9.17, 15) is 0 Å². The fourth-order valence-electron chi connectivity index (χ4n) is 9.20. The molecule has 0 amide bonds. The number of hydrogen-bond acceptors (Lipinski definition) is 2. The molecule has 2 nitrogen and oxygen atoms in total. The summed E-state index contributed by atoms with van der Waals surface area (Å²) in [4.78, 5) is 0. The highest BCUT2D eigenvalue weighted by atomic mass is 16.3. The second-order valence-electron chi connectivity index (χ2n) is 14.7. The molecule has 1 aliphatic rings. The summed E-state index contributed by atoms with van der Waals surface area (Å²) in [5.41, 5.74) is 9.83. The van der Waals surface area contributed by atoms with E-state index in [-0.39, 0.29) is 0 Å². The zero-order valence-corrected chi connectivity index (χ0v) is 29.3. The summed E-state index contributed by atoms with van der Waals surface area (Å²) >= 11 is 0. The summed E-state index contributed by atoms with van der Waals surface area (Å²) in [5, 5.41) is 14.3. The molecule has 9 aromatic carbocycles. The molecule has 0 saturated carbocycles. The number of allylic oxidation sites excluding steroid dienone is 4. The third-order valence-corrected chi connectivity index (χ3v) is 11.7. The summed E-state index contributed by atoms with van der Waals surface area (Å²) in [7, 11) is 0. The topological polar surface area (TPSA) is 26.3 Å². The minimum absolute atomic E-state index is 0.416. The van der Waals surface area contributed by atoms with Gasteiger partial charge in [0.1, 0.15) is 22.3 Å². The predicted octanol–water partition coefficient (Wildman–Crippen LogP) is 15.0. The first kappa shape index (κ1) is 29.7. The van der Waals surface area contributed by atoms with Crippen LogP contribution in [0.1, 0.15) is 17.9 Å². The molecular formula is C52H32O2. The molecule has 0 bridgehead atoms. The van der Waals surface area contributed by atoms with E-state index in [0.717, 1.165) is 61.2 Å². The smallest absolute Gasteiger partial charge is 0.136 e. The van der Waals surface area contributed by atoms with E-state index in [4.69, 9.17) is 8.83 Å². The largest absolute Gasteiger partial charge is 0.456 e. The molecule has 0 N–H and O–H groups in total. The molecule has 252 valence electrons. The van der Waals surface area contributed by atoms with Crippen molar-refractivity contribution in [2.75, 3.05) is 0 Å². The maximum Gasteiger partial charge on any atom is 0.136 e. The summed E-state index contributed by atoms with van der Waals surface area (Å²) in [6.45, 7) is 0. The van der Waals surface area contributed by atoms with Crippen LogP contribution < -0.4 is 0 Å². The van der Waals surface area contributed by atoms with Gasteiger partial charge in [-0.15, -0.1) is 0 Å².